The number of nitro groups is 1. The van der Waals surface area contributed by atoms with E-state index >= 15 is 0 Å². The van der Waals surface area contributed by atoms with Gasteiger partial charge in [-0.1, -0.05) is 30.3 Å². The quantitative estimate of drug-likeness (QED) is 0.588. The minimum Gasteiger partial charge on any atom is -0.348 e. The molecule has 2 aromatic rings. The molecule has 1 atom stereocenters. The van der Waals surface area contributed by atoms with Crippen LogP contribution in [0.3, 0.4) is 0 Å². The van der Waals surface area contributed by atoms with Gasteiger partial charge in [-0.2, -0.15) is 4.31 Å². The van der Waals surface area contributed by atoms with Crippen LogP contribution in [0.15, 0.2) is 53.4 Å². The Hall–Kier alpha value is -2.78. The van der Waals surface area contributed by atoms with Crippen LogP contribution in [0.1, 0.15) is 30.0 Å². The summed E-state index contributed by atoms with van der Waals surface area (Å²) in [6.45, 7) is -0.371. The van der Waals surface area contributed by atoms with Crippen molar-refractivity contribution in [2.75, 3.05) is 13.6 Å². The van der Waals surface area contributed by atoms with Gasteiger partial charge in [0.05, 0.1) is 22.4 Å². The van der Waals surface area contributed by atoms with E-state index in [1.165, 1.54) is 30.8 Å². The molecule has 0 fully saturated rings. The predicted molar refractivity (Wildman–Crippen MR) is 103 cm³/mol. The smallest absolute Gasteiger partial charge is 0.270 e. The van der Waals surface area contributed by atoms with Crippen molar-refractivity contribution in [3.05, 3.63) is 69.8 Å². The van der Waals surface area contributed by atoms with Crippen molar-refractivity contribution in [1.29, 1.82) is 0 Å². The molecule has 0 aromatic heterocycles. The molecule has 1 unspecified atom stereocenters. The summed E-state index contributed by atoms with van der Waals surface area (Å²) >= 11 is 0. The highest BCUT2D eigenvalue weighted by Gasteiger charge is 2.27. The number of fused-ring (bicyclic) bond motifs is 1. The zero-order valence-corrected chi connectivity index (χ0v) is 16.2. The summed E-state index contributed by atoms with van der Waals surface area (Å²) in [4.78, 5) is 22.5. The van der Waals surface area contributed by atoms with Gasteiger partial charge in [0.15, 0.2) is 0 Å². The number of amides is 1. The molecular weight excluding hydrogens is 382 g/mol. The summed E-state index contributed by atoms with van der Waals surface area (Å²) in [7, 11) is -2.74. The lowest BCUT2D eigenvalue weighted by Crippen LogP contribution is -2.40. The third-order valence-corrected chi connectivity index (χ3v) is 6.61. The maximum atomic E-state index is 12.7. The lowest BCUT2D eigenvalue weighted by molar-refractivity contribution is -0.385. The van der Waals surface area contributed by atoms with Crippen LogP contribution in [0.25, 0.3) is 0 Å². The number of non-ortho nitro benzene ring substituents is 1. The van der Waals surface area contributed by atoms with Gasteiger partial charge in [-0.05, 0) is 36.5 Å². The van der Waals surface area contributed by atoms with Crippen LogP contribution < -0.4 is 5.32 Å². The molecule has 3 rings (SSSR count). The molecule has 8 nitrogen and oxygen atoms in total. The summed E-state index contributed by atoms with van der Waals surface area (Å²) in [5.41, 5.74) is 1.93. The van der Waals surface area contributed by atoms with Crippen molar-refractivity contribution in [1.82, 2.24) is 9.62 Å². The maximum Gasteiger partial charge on any atom is 0.270 e. The number of sulfonamides is 1. The summed E-state index contributed by atoms with van der Waals surface area (Å²) < 4.78 is 26.2. The standard InChI is InChI=1S/C19H21N3O5S/c1-21(28(26,27)16-9-5-8-15(12-16)22(24)25)13-19(23)20-18-11-4-7-14-6-2-3-10-17(14)18/h2-3,5-6,8-10,12,18H,4,7,11,13H2,1H3,(H,20,23). The normalized spacial score (nSPS) is 16.4. The monoisotopic (exact) mass is 403 g/mol. The van der Waals surface area contributed by atoms with E-state index in [0.717, 1.165) is 35.2 Å². The third-order valence-electron chi connectivity index (χ3n) is 4.81. The molecule has 9 heteroatoms. The van der Waals surface area contributed by atoms with Gasteiger partial charge in [-0.3, -0.25) is 14.9 Å². The molecule has 0 spiro atoms. The van der Waals surface area contributed by atoms with Gasteiger partial charge in [0.1, 0.15) is 0 Å². The lowest BCUT2D eigenvalue weighted by Gasteiger charge is -2.27. The number of carbonyl (C=O) groups excluding carboxylic acids is 1. The van der Waals surface area contributed by atoms with Crippen molar-refractivity contribution in [2.45, 2.75) is 30.2 Å². The first-order valence-electron chi connectivity index (χ1n) is 8.87. The van der Waals surface area contributed by atoms with Crippen LogP contribution in [-0.2, 0) is 21.2 Å². The number of nitro benzene ring substituents is 1. The lowest BCUT2D eigenvalue weighted by atomic mass is 9.88. The fourth-order valence-electron chi connectivity index (χ4n) is 3.37. The molecule has 148 valence electrons. The van der Waals surface area contributed by atoms with E-state index in [4.69, 9.17) is 0 Å². The first-order chi connectivity index (χ1) is 13.3. The van der Waals surface area contributed by atoms with E-state index in [1.54, 1.807) is 0 Å². The van der Waals surface area contributed by atoms with Crippen LogP contribution in [0.2, 0.25) is 0 Å². The Morgan fingerprint density at radius 1 is 1.25 bits per heavy atom. The van der Waals surface area contributed by atoms with Crippen molar-refractivity contribution < 1.29 is 18.1 Å². The van der Waals surface area contributed by atoms with E-state index < -0.39 is 20.9 Å². The Kier molecular flexibility index (Phi) is 5.76. The van der Waals surface area contributed by atoms with Crippen LogP contribution in [0.5, 0.6) is 0 Å². The summed E-state index contributed by atoms with van der Waals surface area (Å²) in [5, 5.41) is 13.8. The minimum absolute atomic E-state index is 0.147. The summed E-state index contributed by atoms with van der Waals surface area (Å²) in [6, 6.07) is 12.5. The number of aryl methyl sites for hydroxylation is 1. The zero-order valence-electron chi connectivity index (χ0n) is 15.4. The Bertz CT molecular complexity index is 1010. The van der Waals surface area contributed by atoms with Crippen LogP contribution in [0.4, 0.5) is 5.69 Å². The van der Waals surface area contributed by atoms with Crippen molar-refractivity contribution in [2.24, 2.45) is 0 Å². The number of rotatable bonds is 6. The topological polar surface area (TPSA) is 110 Å². The Morgan fingerprint density at radius 3 is 2.75 bits per heavy atom. The Morgan fingerprint density at radius 2 is 2.00 bits per heavy atom. The van der Waals surface area contributed by atoms with Gasteiger partial charge in [-0.15, -0.1) is 0 Å². The molecule has 0 heterocycles. The molecule has 0 aliphatic heterocycles. The molecule has 1 aliphatic rings. The molecule has 1 aliphatic carbocycles. The SMILES string of the molecule is CN(CC(=O)NC1CCCc2ccccc21)S(=O)(=O)c1cccc([N+](=O)[O-])c1. The summed E-state index contributed by atoms with van der Waals surface area (Å²) in [5.74, 6) is -0.418. The molecule has 1 amide bonds. The molecule has 2 aromatic carbocycles. The number of benzene rings is 2. The van der Waals surface area contributed by atoms with Crippen molar-refractivity contribution >= 4 is 21.6 Å². The molecule has 28 heavy (non-hydrogen) atoms. The van der Waals surface area contributed by atoms with E-state index in [2.05, 4.69) is 5.32 Å². The fraction of sp³-hybridized carbons (Fsp3) is 0.316. The Balaban J connectivity index is 1.71. The molecule has 0 bridgehead atoms. The molecule has 0 saturated carbocycles. The second-order valence-electron chi connectivity index (χ2n) is 6.73. The van der Waals surface area contributed by atoms with E-state index in [1.807, 2.05) is 24.3 Å². The number of likely N-dealkylation sites (N-methyl/N-ethyl adjacent to an activating group) is 1. The third kappa shape index (κ3) is 4.20. The first kappa shape index (κ1) is 20.0. The average molecular weight is 403 g/mol. The second-order valence-corrected chi connectivity index (χ2v) is 8.77. The predicted octanol–water partition coefficient (Wildman–Crippen LogP) is 2.41. The second kappa shape index (κ2) is 8.07. The Labute approximate surface area is 163 Å². The van der Waals surface area contributed by atoms with E-state index in [0.29, 0.717) is 0 Å². The van der Waals surface area contributed by atoms with E-state index in [9.17, 15) is 23.3 Å². The molecule has 0 saturated heterocycles. The van der Waals surface area contributed by atoms with Crippen LogP contribution in [-0.4, -0.2) is 37.1 Å². The molecule has 1 N–H and O–H groups in total. The largest absolute Gasteiger partial charge is 0.348 e. The zero-order chi connectivity index (χ0) is 20.3. The average Bonchev–Trinajstić information content (AvgIpc) is 2.68. The first-order valence-corrected chi connectivity index (χ1v) is 10.3. The van der Waals surface area contributed by atoms with Crippen LogP contribution >= 0.6 is 0 Å². The van der Waals surface area contributed by atoms with Gasteiger partial charge < -0.3 is 5.32 Å². The van der Waals surface area contributed by atoms with Crippen molar-refractivity contribution in [3.63, 3.8) is 0 Å². The van der Waals surface area contributed by atoms with Crippen LogP contribution in [0, 0.1) is 10.1 Å². The molecular formula is C19H21N3O5S. The summed E-state index contributed by atoms with van der Waals surface area (Å²) in [6.07, 6.45) is 2.71. The van der Waals surface area contributed by atoms with Crippen molar-refractivity contribution in [3.8, 4) is 0 Å². The number of hydrogen-bond donors (Lipinski definition) is 1. The van der Waals surface area contributed by atoms with Gasteiger partial charge in [-0.25, -0.2) is 8.42 Å². The van der Waals surface area contributed by atoms with E-state index in [-0.39, 0.29) is 23.2 Å². The highest BCUT2D eigenvalue weighted by molar-refractivity contribution is 7.89. The number of carbonyl (C=O) groups is 1. The fourth-order valence-corrected chi connectivity index (χ4v) is 4.54. The number of nitrogens with one attached hydrogen (secondary N) is 1. The number of nitrogens with zero attached hydrogens (tertiary/aromatic N) is 2. The highest BCUT2D eigenvalue weighted by atomic mass is 32.2. The van der Waals surface area contributed by atoms with Gasteiger partial charge in [0.25, 0.3) is 5.69 Å². The number of hydrogen-bond acceptors (Lipinski definition) is 5. The van der Waals surface area contributed by atoms with Gasteiger partial charge >= 0.3 is 0 Å². The van der Waals surface area contributed by atoms with Gasteiger partial charge in [0, 0.05) is 19.2 Å². The highest BCUT2D eigenvalue weighted by Crippen LogP contribution is 2.29. The minimum atomic E-state index is -4.02. The van der Waals surface area contributed by atoms with Gasteiger partial charge in [0.2, 0.25) is 15.9 Å². The maximum absolute atomic E-state index is 12.7. The molecule has 0 radical (unpaired) electrons.